The van der Waals surface area contributed by atoms with E-state index in [0.29, 0.717) is 18.5 Å². The SMILES string of the molecule is CC(c1ccc(C(=O)N2CC3(CCCOC3)C2)cc1)N1CCCC(c2ccccc2)S1(=O)=O. The van der Waals surface area contributed by atoms with Gasteiger partial charge in [-0.25, -0.2) is 8.42 Å². The molecule has 0 radical (unpaired) electrons. The number of rotatable bonds is 4. The number of hydrogen-bond donors (Lipinski definition) is 0. The van der Waals surface area contributed by atoms with Crippen LogP contribution >= 0.6 is 0 Å². The molecule has 0 aliphatic carbocycles. The third-order valence-corrected chi connectivity index (χ3v) is 9.90. The molecule has 3 aliphatic rings. The van der Waals surface area contributed by atoms with Crippen LogP contribution in [0.15, 0.2) is 54.6 Å². The van der Waals surface area contributed by atoms with E-state index < -0.39 is 15.3 Å². The molecule has 2 unspecified atom stereocenters. The van der Waals surface area contributed by atoms with Gasteiger partial charge in [-0.05, 0) is 55.9 Å². The molecule has 2 atom stereocenters. The lowest BCUT2D eigenvalue weighted by Crippen LogP contribution is -2.61. The van der Waals surface area contributed by atoms with Crippen molar-refractivity contribution in [2.24, 2.45) is 5.41 Å². The Morgan fingerprint density at radius 1 is 1.06 bits per heavy atom. The number of hydrogen-bond acceptors (Lipinski definition) is 4. The summed E-state index contributed by atoms with van der Waals surface area (Å²) in [5.74, 6) is 0.0418. The van der Waals surface area contributed by atoms with Crippen molar-refractivity contribution in [2.45, 2.75) is 43.9 Å². The van der Waals surface area contributed by atoms with E-state index in [0.717, 1.165) is 56.7 Å². The van der Waals surface area contributed by atoms with E-state index in [1.807, 2.05) is 66.4 Å². The Bertz CT molecular complexity index is 1090. The third kappa shape index (κ3) is 4.22. The average molecular weight is 469 g/mol. The van der Waals surface area contributed by atoms with Gasteiger partial charge in [0.1, 0.15) is 5.25 Å². The standard InChI is InChI=1S/C26H32N2O4S/c1-20(28-15-5-9-24(33(28,30)31)22-7-3-2-4-8-22)21-10-12-23(13-11-21)25(29)27-17-26(18-27)14-6-16-32-19-26/h2-4,7-8,10-13,20,24H,5-6,9,14-19H2,1H3. The summed E-state index contributed by atoms with van der Waals surface area (Å²) in [5.41, 5.74) is 2.57. The first-order valence-electron chi connectivity index (χ1n) is 11.9. The van der Waals surface area contributed by atoms with E-state index in [4.69, 9.17) is 4.74 Å². The molecule has 33 heavy (non-hydrogen) atoms. The Morgan fingerprint density at radius 2 is 1.79 bits per heavy atom. The number of benzene rings is 2. The van der Waals surface area contributed by atoms with E-state index in [-0.39, 0.29) is 17.4 Å². The van der Waals surface area contributed by atoms with Crippen molar-refractivity contribution in [1.82, 2.24) is 9.21 Å². The summed E-state index contributed by atoms with van der Waals surface area (Å²) in [6.45, 7) is 5.55. The fourth-order valence-electron chi connectivity index (χ4n) is 5.61. The van der Waals surface area contributed by atoms with Gasteiger partial charge in [0.15, 0.2) is 0 Å². The zero-order valence-corrected chi connectivity index (χ0v) is 20.0. The van der Waals surface area contributed by atoms with Crippen molar-refractivity contribution in [3.63, 3.8) is 0 Å². The molecule has 3 aliphatic heterocycles. The van der Waals surface area contributed by atoms with Gasteiger partial charge >= 0.3 is 0 Å². The van der Waals surface area contributed by atoms with Crippen LogP contribution in [0, 0.1) is 5.41 Å². The van der Waals surface area contributed by atoms with E-state index >= 15 is 0 Å². The minimum atomic E-state index is -3.47. The Labute approximate surface area is 196 Å². The van der Waals surface area contributed by atoms with Crippen LogP contribution in [-0.4, -0.2) is 56.4 Å². The van der Waals surface area contributed by atoms with E-state index in [2.05, 4.69) is 0 Å². The van der Waals surface area contributed by atoms with Crippen molar-refractivity contribution < 1.29 is 17.9 Å². The molecule has 1 amide bonds. The monoisotopic (exact) mass is 468 g/mol. The molecular formula is C26H32N2O4S. The Hall–Kier alpha value is -2.22. The largest absolute Gasteiger partial charge is 0.381 e. The highest BCUT2D eigenvalue weighted by molar-refractivity contribution is 7.89. The first-order valence-corrected chi connectivity index (χ1v) is 13.4. The van der Waals surface area contributed by atoms with Crippen LogP contribution in [0.2, 0.25) is 0 Å². The minimum absolute atomic E-state index is 0.0418. The topological polar surface area (TPSA) is 66.9 Å². The molecular weight excluding hydrogens is 436 g/mol. The van der Waals surface area contributed by atoms with Crippen molar-refractivity contribution in [3.8, 4) is 0 Å². The van der Waals surface area contributed by atoms with Gasteiger partial charge in [-0.1, -0.05) is 42.5 Å². The summed E-state index contributed by atoms with van der Waals surface area (Å²) < 4.78 is 34.1. The highest BCUT2D eigenvalue weighted by Crippen LogP contribution is 2.40. The van der Waals surface area contributed by atoms with Gasteiger partial charge in [0, 0.05) is 43.3 Å². The van der Waals surface area contributed by atoms with Crippen LogP contribution in [-0.2, 0) is 14.8 Å². The summed E-state index contributed by atoms with van der Waals surface area (Å²) in [6, 6.07) is 16.7. The smallest absolute Gasteiger partial charge is 0.253 e. The first kappa shape index (κ1) is 22.6. The molecule has 1 spiro atoms. The Kier molecular flexibility index (Phi) is 6.05. The fraction of sp³-hybridized carbons (Fsp3) is 0.500. The normalized spacial score (nSPS) is 25.4. The van der Waals surface area contributed by atoms with Gasteiger partial charge in [0.2, 0.25) is 10.0 Å². The number of nitrogens with zero attached hydrogens (tertiary/aromatic N) is 2. The summed E-state index contributed by atoms with van der Waals surface area (Å²) in [4.78, 5) is 14.8. The second-order valence-corrected chi connectivity index (χ2v) is 11.9. The highest BCUT2D eigenvalue weighted by Gasteiger charge is 2.46. The Balaban J connectivity index is 1.27. The molecule has 0 aromatic heterocycles. The molecule has 7 heteroatoms. The summed E-state index contributed by atoms with van der Waals surface area (Å²) in [5, 5.41) is -0.502. The van der Waals surface area contributed by atoms with Gasteiger partial charge in [0.05, 0.1) is 6.61 Å². The van der Waals surface area contributed by atoms with E-state index in [9.17, 15) is 13.2 Å². The third-order valence-electron chi connectivity index (χ3n) is 7.52. The van der Waals surface area contributed by atoms with Crippen LogP contribution in [0.5, 0.6) is 0 Å². The molecule has 3 saturated heterocycles. The summed E-state index contributed by atoms with van der Waals surface area (Å²) in [6.07, 6.45) is 3.67. The average Bonchev–Trinajstić information content (AvgIpc) is 2.82. The van der Waals surface area contributed by atoms with Crippen molar-refractivity contribution in [2.75, 3.05) is 32.8 Å². The molecule has 3 fully saturated rings. The lowest BCUT2D eigenvalue weighted by Gasteiger charge is -2.51. The van der Waals surface area contributed by atoms with Crippen LogP contribution in [0.3, 0.4) is 0 Å². The van der Waals surface area contributed by atoms with Gasteiger partial charge in [-0.3, -0.25) is 4.79 Å². The number of carbonyl (C=O) groups is 1. The fourth-order valence-corrected chi connectivity index (χ4v) is 7.85. The second-order valence-electron chi connectivity index (χ2n) is 9.81. The lowest BCUT2D eigenvalue weighted by atomic mass is 9.75. The van der Waals surface area contributed by atoms with Gasteiger partial charge in [-0.2, -0.15) is 4.31 Å². The molecule has 0 saturated carbocycles. The van der Waals surface area contributed by atoms with Crippen molar-refractivity contribution >= 4 is 15.9 Å². The van der Waals surface area contributed by atoms with Crippen LogP contribution in [0.25, 0.3) is 0 Å². The van der Waals surface area contributed by atoms with E-state index in [1.165, 1.54) is 0 Å². The Morgan fingerprint density at radius 3 is 2.45 bits per heavy atom. The maximum absolute atomic E-state index is 13.4. The quantitative estimate of drug-likeness (QED) is 0.676. The molecule has 2 aromatic carbocycles. The summed E-state index contributed by atoms with van der Waals surface area (Å²) >= 11 is 0. The molecule has 5 rings (SSSR count). The number of ether oxygens (including phenoxy) is 1. The zero-order valence-electron chi connectivity index (χ0n) is 19.2. The molecule has 0 bridgehead atoms. The number of sulfonamides is 1. The number of amides is 1. The van der Waals surface area contributed by atoms with Gasteiger partial charge in [0.25, 0.3) is 5.91 Å². The number of carbonyl (C=O) groups excluding carboxylic acids is 1. The van der Waals surface area contributed by atoms with Crippen molar-refractivity contribution in [3.05, 3.63) is 71.3 Å². The molecule has 3 heterocycles. The van der Waals surface area contributed by atoms with Gasteiger partial charge < -0.3 is 9.64 Å². The first-order chi connectivity index (χ1) is 15.9. The molecule has 2 aromatic rings. The van der Waals surface area contributed by atoms with Crippen LogP contribution in [0.1, 0.15) is 65.4 Å². The van der Waals surface area contributed by atoms with Gasteiger partial charge in [-0.15, -0.1) is 0 Å². The predicted molar refractivity (Wildman–Crippen MR) is 127 cm³/mol. The van der Waals surface area contributed by atoms with Crippen LogP contribution in [0.4, 0.5) is 0 Å². The second kappa shape index (κ2) is 8.85. The highest BCUT2D eigenvalue weighted by atomic mass is 32.2. The maximum atomic E-state index is 13.4. The van der Waals surface area contributed by atoms with Crippen LogP contribution < -0.4 is 0 Å². The summed E-state index contributed by atoms with van der Waals surface area (Å²) in [7, 11) is -3.47. The lowest BCUT2D eigenvalue weighted by molar-refractivity contribution is -0.0863. The molecule has 6 nitrogen and oxygen atoms in total. The predicted octanol–water partition coefficient (Wildman–Crippen LogP) is 4.17. The zero-order chi connectivity index (χ0) is 23.1. The number of likely N-dealkylation sites (tertiary alicyclic amines) is 1. The van der Waals surface area contributed by atoms with E-state index in [1.54, 1.807) is 4.31 Å². The molecule has 176 valence electrons. The maximum Gasteiger partial charge on any atom is 0.253 e. The van der Waals surface area contributed by atoms with Crippen molar-refractivity contribution in [1.29, 1.82) is 0 Å². The minimum Gasteiger partial charge on any atom is -0.381 e. The molecule has 0 N–H and O–H groups in total.